The molecule has 36 heavy (non-hydrogen) atoms. The number of phenols is 1. The molecule has 0 radical (unpaired) electrons. The Kier molecular flexibility index (Phi) is 8.99. The first-order valence-corrected chi connectivity index (χ1v) is 12.3. The van der Waals surface area contributed by atoms with E-state index in [0.717, 1.165) is 16.7 Å². The first kappa shape index (κ1) is 27.1. The number of halogens is 1. The highest BCUT2D eigenvalue weighted by Gasteiger charge is 2.27. The molecule has 1 amide bonds. The van der Waals surface area contributed by atoms with Gasteiger partial charge in [0.15, 0.2) is 0 Å². The maximum Gasteiger partial charge on any atom is 0.329 e. The highest BCUT2D eigenvalue weighted by Crippen LogP contribution is 2.19. The summed E-state index contributed by atoms with van der Waals surface area (Å²) in [5.41, 5.74) is 9.40. The van der Waals surface area contributed by atoms with Gasteiger partial charge < -0.3 is 20.9 Å². The van der Waals surface area contributed by atoms with Crippen LogP contribution in [0.1, 0.15) is 54.2 Å². The Morgan fingerprint density at radius 3 is 2.19 bits per heavy atom. The molecule has 0 aliphatic carbocycles. The smallest absolute Gasteiger partial charge is 0.329 e. The Hall–Kier alpha value is -3.51. The molecule has 0 aliphatic heterocycles. The van der Waals surface area contributed by atoms with E-state index in [1.807, 2.05) is 24.3 Å². The van der Waals surface area contributed by atoms with E-state index in [1.165, 1.54) is 0 Å². The predicted octanol–water partition coefficient (Wildman–Crippen LogP) is 5.49. The molecule has 190 valence electrons. The van der Waals surface area contributed by atoms with Crippen LogP contribution in [0.25, 0.3) is 0 Å². The number of hydrogen-bond donors (Lipinski definition) is 3. The van der Waals surface area contributed by atoms with E-state index in [4.69, 9.17) is 22.1 Å². The van der Waals surface area contributed by atoms with E-state index in [9.17, 15) is 14.7 Å². The standard InChI is InChI=1S/C29H33ClN2O4/c1-29(2,3)36-28(35)26(17-9-20-5-12-23(30)13-6-20)32-27(34)22-11-16-25(31)21(18-22)10-4-19-7-14-24(33)15-8-19/h5-8,11-16,18,26,33H,4,9-10,17,31H2,1-3H3,(H,32,34)/t26-/m0/s1. The summed E-state index contributed by atoms with van der Waals surface area (Å²) in [6.45, 7) is 5.38. The lowest BCUT2D eigenvalue weighted by molar-refractivity contribution is -0.157. The maximum atomic E-state index is 13.2. The summed E-state index contributed by atoms with van der Waals surface area (Å²) in [6.07, 6.45) is 2.28. The second kappa shape index (κ2) is 12.0. The van der Waals surface area contributed by atoms with Crippen LogP contribution in [0.3, 0.4) is 0 Å². The van der Waals surface area contributed by atoms with Crippen LogP contribution in [0.2, 0.25) is 5.02 Å². The van der Waals surface area contributed by atoms with Crippen molar-refractivity contribution in [3.8, 4) is 5.75 Å². The third-order valence-electron chi connectivity index (χ3n) is 5.66. The van der Waals surface area contributed by atoms with Gasteiger partial charge in [-0.15, -0.1) is 0 Å². The summed E-state index contributed by atoms with van der Waals surface area (Å²) in [5.74, 6) is -0.631. The van der Waals surface area contributed by atoms with Crippen molar-refractivity contribution < 1.29 is 19.4 Å². The summed E-state index contributed by atoms with van der Waals surface area (Å²) in [4.78, 5) is 26.1. The van der Waals surface area contributed by atoms with Gasteiger partial charge in [0, 0.05) is 16.3 Å². The molecule has 3 rings (SSSR count). The summed E-state index contributed by atoms with van der Waals surface area (Å²) in [7, 11) is 0. The molecule has 1 atom stereocenters. The number of amides is 1. The van der Waals surface area contributed by atoms with Gasteiger partial charge in [0.1, 0.15) is 17.4 Å². The largest absolute Gasteiger partial charge is 0.508 e. The van der Waals surface area contributed by atoms with Gasteiger partial charge in [-0.05, 0) is 106 Å². The van der Waals surface area contributed by atoms with Gasteiger partial charge in [-0.25, -0.2) is 4.79 Å². The van der Waals surface area contributed by atoms with Crippen molar-refractivity contribution in [1.29, 1.82) is 0 Å². The van der Waals surface area contributed by atoms with E-state index in [0.29, 0.717) is 42.0 Å². The van der Waals surface area contributed by atoms with Crippen molar-refractivity contribution in [3.05, 3.63) is 94.0 Å². The average Bonchev–Trinajstić information content (AvgIpc) is 2.82. The SMILES string of the molecule is CC(C)(C)OC(=O)[C@H](CCc1ccc(Cl)cc1)NC(=O)c1ccc(N)c(CCc2ccc(O)cc2)c1. The lowest BCUT2D eigenvalue weighted by Gasteiger charge is -2.25. The molecule has 0 spiro atoms. The molecule has 0 heterocycles. The van der Waals surface area contributed by atoms with Crippen molar-refractivity contribution >= 4 is 29.2 Å². The lowest BCUT2D eigenvalue weighted by atomic mass is 10.00. The van der Waals surface area contributed by atoms with Crippen molar-refractivity contribution in [1.82, 2.24) is 5.32 Å². The number of nitrogen functional groups attached to an aromatic ring is 1. The van der Waals surface area contributed by atoms with Crippen molar-refractivity contribution in [2.45, 2.75) is 58.1 Å². The van der Waals surface area contributed by atoms with Gasteiger partial charge in [-0.3, -0.25) is 4.79 Å². The quantitative estimate of drug-likeness (QED) is 0.262. The number of rotatable bonds is 9. The molecule has 0 aliphatic rings. The van der Waals surface area contributed by atoms with Crippen LogP contribution < -0.4 is 11.1 Å². The number of benzene rings is 3. The highest BCUT2D eigenvalue weighted by molar-refractivity contribution is 6.30. The van der Waals surface area contributed by atoms with Crippen LogP contribution in [0.5, 0.6) is 5.75 Å². The number of aryl methyl sites for hydroxylation is 3. The Balaban J connectivity index is 1.72. The normalized spacial score (nSPS) is 12.1. The highest BCUT2D eigenvalue weighted by atomic mass is 35.5. The Morgan fingerprint density at radius 2 is 1.56 bits per heavy atom. The van der Waals surface area contributed by atoms with E-state index in [2.05, 4.69) is 5.32 Å². The zero-order chi connectivity index (χ0) is 26.3. The van der Waals surface area contributed by atoms with E-state index < -0.39 is 17.6 Å². The number of nitrogens with one attached hydrogen (secondary N) is 1. The average molecular weight is 509 g/mol. The minimum absolute atomic E-state index is 0.215. The minimum Gasteiger partial charge on any atom is -0.508 e. The van der Waals surface area contributed by atoms with Crippen LogP contribution in [-0.2, 0) is 28.8 Å². The van der Waals surface area contributed by atoms with Crippen molar-refractivity contribution in [2.75, 3.05) is 5.73 Å². The fraction of sp³-hybridized carbons (Fsp3) is 0.310. The zero-order valence-corrected chi connectivity index (χ0v) is 21.6. The lowest BCUT2D eigenvalue weighted by Crippen LogP contribution is -2.44. The van der Waals surface area contributed by atoms with Crippen molar-refractivity contribution in [2.24, 2.45) is 0 Å². The second-order valence-electron chi connectivity index (χ2n) is 9.80. The fourth-order valence-corrected chi connectivity index (χ4v) is 3.86. The number of phenolic OH excluding ortho intramolecular Hbond substituents is 1. The predicted molar refractivity (Wildman–Crippen MR) is 143 cm³/mol. The molecule has 7 heteroatoms. The van der Waals surface area contributed by atoms with E-state index >= 15 is 0 Å². The molecule has 0 saturated heterocycles. The number of esters is 1. The van der Waals surface area contributed by atoms with Crippen molar-refractivity contribution in [3.63, 3.8) is 0 Å². The molecule has 0 bridgehead atoms. The molecule has 4 N–H and O–H groups in total. The second-order valence-corrected chi connectivity index (χ2v) is 10.2. The maximum absolute atomic E-state index is 13.2. The molecule has 3 aromatic carbocycles. The molecule has 0 aromatic heterocycles. The number of aromatic hydroxyl groups is 1. The van der Waals surface area contributed by atoms with Crippen LogP contribution in [0.15, 0.2) is 66.7 Å². The number of carbonyl (C=O) groups is 2. The summed E-state index contributed by atoms with van der Waals surface area (Å²) in [5, 5.41) is 13.0. The molecule has 0 unspecified atom stereocenters. The van der Waals surface area contributed by atoms with Crippen LogP contribution in [0, 0.1) is 0 Å². The number of anilines is 1. The van der Waals surface area contributed by atoms with Gasteiger partial charge in [0.2, 0.25) is 0 Å². The summed E-state index contributed by atoms with van der Waals surface area (Å²) in [6, 6.07) is 18.7. The van der Waals surface area contributed by atoms with Crippen LogP contribution in [0.4, 0.5) is 5.69 Å². The van der Waals surface area contributed by atoms with Crippen LogP contribution >= 0.6 is 11.6 Å². The van der Waals surface area contributed by atoms with E-state index in [1.54, 1.807) is 63.2 Å². The first-order chi connectivity index (χ1) is 17.0. The fourth-order valence-electron chi connectivity index (χ4n) is 3.73. The first-order valence-electron chi connectivity index (χ1n) is 11.9. The Morgan fingerprint density at radius 1 is 0.944 bits per heavy atom. The molecular formula is C29H33ClN2O4. The van der Waals surface area contributed by atoms with Gasteiger partial charge in [0.25, 0.3) is 5.91 Å². The monoisotopic (exact) mass is 508 g/mol. The van der Waals surface area contributed by atoms with Gasteiger partial charge in [-0.1, -0.05) is 35.9 Å². The molecular weight excluding hydrogens is 476 g/mol. The molecule has 0 fully saturated rings. The Bertz CT molecular complexity index is 1190. The van der Waals surface area contributed by atoms with Gasteiger partial charge in [0.05, 0.1) is 0 Å². The van der Waals surface area contributed by atoms with Gasteiger partial charge in [-0.2, -0.15) is 0 Å². The third kappa shape index (κ3) is 8.31. The zero-order valence-electron chi connectivity index (χ0n) is 20.9. The topological polar surface area (TPSA) is 102 Å². The molecule has 0 saturated carbocycles. The number of nitrogens with two attached hydrogens (primary N) is 1. The summed E-state index contributed by atoms with van der Waals surface area (Å²) < 4.78 is 5.57. The third-order valence-corrected chi connectivity index (χ3v) is 5.91. The molecule has 3 aromatic rings. The number of hydrogen-bond acceptors (Lipinski definition) is 5. The number of carbonyl (C=O) groups excluding carboxylic acids is 2. The molecule has 6 nitrogen and oxygen atoms in total. The van der Waals surface area contributed by atoms with Crippen LogP contribution in [-0.4, -0.2) is 28.6 Å². The Labute approximate surface area is 217 Å². The van der Waals surface area contributed by atoms with Gasteiger partial charge >= 0.3 is 5.97 Å². The number of ether oxygens (including phenoxy) is 1. The van der Waals surface area contributed by atoms with E-state index in [-0.39, 0.29) is 11.7 Å². The minimum atomic E-state index is -0.814. The summed E-state index contributed by atoms with van der Waals surface area (Å²) >= 11 is 5.97.